The van der Waals surface area contributed by atoms with Crippen LogP contribution in [0.2, 0.25) is 0 Å². The van der Waals surface area contributed by atoms with Crippen LogP contribution in [-0.2, 0) is 10.0 Å². The topological polar surface area (TPSA) is 85.1 Å². The average Bonchev–Trinajstić information content (AvgIpc) is 2.80. The van der Waals surface area contributed by atoms with E-state index in [4.69, 9.17) is 4.42 Å². The number of nitrogens with zero attached hydrogens (tertiary/aromatic N) is 2. The molecule has 2 heterocycles. The molecule has 2 aromatic heterocycles. The summed E-state index contributed by atoms with van der Waals surface area (Å²) < 4.78 is 30.3. The van der Waals surface area contributed by atoms with Crippen molar-refractivity contribution in [1.29, 1.82) is 0 Å². The lowest BCUT2D eigenvalue weighted by Crippen LogP contribution is -2.18. The number of sulfonamides is 1. The minimum absolute atomic E-state index is 0.179. The highest BCUT2D eigenvalue weighted by molar-refractivity contribution is 7.89. The van der Waals surface area contributed by atoms with Gasteiger partial charge in [0.15, 0.2) is 5.82 Å². The van der Waals surface area contributed by atoms with Crippen molar-refractivity contribution in [2.45, 2.75) is 5.09 Å². The third kappa shape index (κ3) is 1.82. The van der Waals surface area contributed by atoms with E-state index in [-0.39, 0.29) is 5.09 Å². The summed E-state index contributed by atoms with van der Waals surface area (Å²) in [5.74, 6) is 0.310. The third-order valence-electron chi connectivity index (χ3n) is 1.95. The SMILES string of the molecule is CNS(=O)(=O)c1occc1-c1ncccn1. The van der Waals surface area contributed by atoms with Gasteiger partial charge < -0.3 is 4.42 Å². The van der Waals surface area contributed by atoms with Gasteiger partial charge in [0.2, 0.25) is 5.09 Å². The van der Waals surface area contributed by atoms with Crippen molar-refractivity contribution >= 4 is 10.0 Å². The van der Waals surface area contributed by atoms with Crippen LogP contribution in [0.15, 0.2) is 40.3 Å². The highest BCUT2D eigenvalue weighted by atomic mass is 32.2. The molecular weight excluding hydrogens is 230 g/mol. The molecule has 0 aliphatic carbocycles. The first-order valence-electron chi connectivity index (χ1n) is 4.43. The molecule has 6 nitrogen and oxygen atoms in total. The van der Waals surface area contributed by atoms with Gasteiger partial charge in [-0.25, -0.2) is 23.1 Å². The molecule has 0 spiro atoms. The van der Waals surface area contributed by atoms with Crippen LogP contribution in [0.5, 0.6) is 0 Å². The summed E-state index contributed by atoms with van der Waals surface area (Å²) in [6, 6.07) is 3.16. The molecule has 2 aromatic rings. The average molecular weight is 239 g/mol. The second kappa shape index (κ2) is 4.03. The van der Waals surface area contributed by atoms with Crippen molar-refractivity contribution in [3.8, 4) is 11.4 Å². The predicted molar refractivity (Wildman–Crippen MR) is 56.0 cm³/mol. The number of hydrogen-bond acceptors (Lipinski definition) is 5. The first kappa shape index (κ1) is 10.8. The van der Waals surface area contributed by atoms with Crippen LogP contribution in [0.1, 0.15) is 0 Å². The quantitative estimate of drug-likeness (QED) is 0.849. The lowest BCUT2D eigenvalue weighted by atomic mass is 10.3. The molecule has 0 aromatic carbocycles. The minimum Gasteiger partial charge on any atom is -0.451 e. The Bertz CT molecular complexity index is 577. The van der Waals surface area contributed by atoms with Crippen molar-refractivity contribution < 1.29 is 12.8 Å². The summed E-state index contributed by atoms with van der Waals surface area (Å²) >= 11 is 0. The molecule has 16 heavy (non-hydrogen) atoms. The van der Waals surface area contributed by atoms with Gasteiger partial charge in [0.05, 0.1) is 11.8 Å². The molecule has 7 heteroatoms. The van der Waals surface area contributed by atoms with Crippen LogP contribution in [-0.4, -0.2) is 25.4 Å². The minimum atomic E-state index is -3.63. The van der Waals surface area contributed by atoms with E-state index in [1.807, 2.05) is 0 Å². The highest BCUT2D eigenvalue weighted by Crippen LogP contribution is 2.24. The molecule has 0 aliphatic heterocycles. The molecule has 1 N–H and O–H groups in total. The number of hydrogen-bond donors (Lipinski definition) is 1. The van der Waals surface area contributed by atoms with Gasteiger partial charge in [-0.3, -0.25) is 0 Å². The normalized spacial score (nSPS) is 11.6. The molecule has 0 bridgehead atoms. The summed E-state index contributed by atoms with van der Waals surface area (Å²) in [7, 11) is -2.32. The molecule has 0 amide bonds. The Balaban J connectivity index is 2.58. The first-order valence-corrected chi connectivity index (χ1v) is 5.92. The van der Waals surface area contributed by atoms with E-state index in [2.05, 4.69) is 14.7 Å². The van der Waals surface area contributed by atoms with Gasteiger partial charge in [-0.2, -0.15) is 0 Å². The van der Waals surface area contributed by atoms with E-state index in [1.165, 1.54) is 31.8 Å². The Labute approximate surface area is 92.4 Å². The molecule has 0 atom stereocenters. The standard InChI is InChI=1S/C9H9N3O3S/c1-10-16(13,14)9-7(3-6-15-9)8-11-4-2-5-12-8/h2-6,10H,1H3. The van der Waals surface area contributed by atoms with Crippen LogP contribution in [0, 0.1) is 0 Å². The van der Waals surface area contributed by atoms with Crippen molar-refractivity contribution in [2.24, 2.45) is 0 Å². The fourth-order valence-corrected chi connectivity index (χ4v) is 2.02. The molecule has 0 unspecified atom stereocenters. The fourth-order valence-electron chi connectivity index (χ4n) is 1.20. The highest BCUT2D eigenvalue weighted by Gasteiger charge is 2.22. The van der Waals surface area contributed by atoms with E-state index in [1.54, 1.807) is 6.07 Å². The van der Waals surface area contributed by atoms with Crippen molar-refractivity contribution in [3.63, 3.8) is 0 Å². The van der Waals surface area contributed by atoms with Crippen molar-refractivity contribution in [1.82, 2.24) is 14.7 Å². The lowest BCUT2D eigenvalue weighted by molar-refractivity contribution is 0.449. The number of nitrogens with one attached hydrogen (secondary N) is 1. The van der Waals surface area contributed by atoms with Gasteiger partial charge >= 0.3 is 0 Å². The molecule has 0 saturated carbocycles. The number of furan rings is 1. The third-order valence-corrected chi connectivity index (χ3v) is 3.29. The van der Waals surface area contributed by atoms with Crippen molar-refractivity contribution in [2.75, 3.05) is 7.05 Å². The van der Waals surface area contributed by atoms with Crippen molar-refractivity contribution in [3.05, 3.63) is 30.8 Å². The molecule has 84 valence electrons. The van der Waals surface area contributed by atoms with Crippen LogP contribution >= 0.6 is 0 Å². The number of rotatable bonds is 3. The maximum absolute atomic E-state index is 11.6. The zero-order valence-electron chi connectivity index (χ0n) is 8.41. The van der Waals surface area contributed by atoms with E-state index in [0.29, 0.717) is 11.4 Å². The molecule has 0 radical (unpaired) electrons. The van der Waals surface area contributed by atoms with Gasteiger partial charge in [-0.05, 0) is 19.2 Å². The Morgan fingerprint density at radius 3 is 2.62 bits per heavy atom. The lowest BCUT2D eigenvalue weighted by Gasteiger charge is -2.01. The molecule has 0 fully saturated rings. The van der Waals surface area contributed by atoms with E-state index in [9.17, 15) is 8.42 Å². The van der Waals surface area contributed by atoms with Gasteiger partial charge in [-0.1, -0.05) is 0 Å². The Morgan fingerprint density at radius 1 is 1.31 bits per heavy atom. The maximum Gasteiger partial charge on any atom is 0.274 e. The van der Waals surface area contributed by atoms with Gasteiger partial charge in [0.25, 0.3) is 10.0 Å². The Hall–Kier alpha value is -1.73. The number of aromatic nitrogens is 2. The summed E-state index contributed by atoms with van der Waals surface area (Å²) in [6.45, 7) is 0. The van der Waals surface area contributed by atoms with Crippen LogP contribution in [0.4, 0.5) is 0 Å². The summed E-state index contributed by atoms with van der Waals surface area (Å²) in [5, 5.41) is -0.179. The van der Waals surface area contributed by atoms with Gasteiger partial charge in [-0.15, -0.1) is 0 Å². The largest absolute Gasteiger partial charge is 0.451 e. The van der Waals surface area contributed by atoms with E-state index in [0.717, 1.165) is 0 Å². The predicted octanol–water partition coefficient (Wildman–Crippen LogP) is 0.645. The zero-order chi connectivity index (χ0) is 11.6. The molecule has 0 aliphatic rings. The maximum atomic E-state index is 11.6. The van der Waals surface area contributed by atoms with E-state index < -0.39 is 10.0 Å². The van der Waals surface area contributed by atoms with Gasteiger partial charge in [0, 0.05) is 12.4 Å². The molecular formula is C9H9N3O3S. The van der Waals surface area contributed by atoms with Gasteiger partial charge in [0.1, 0.15) is 0 Å². The Kier molecular flexibility index (Phi) is 2.71. The smallest absolute Gasteiger partial charge is 0.274 e. The summed E-state index contributed by atoms with van der Waals surface area (Å²) in [6.07, 6.45) is 4.35. The zero-order valence-corrected chi connectivity index (χ0v) is 9.23. The molecule has 2 rings (SSSR count). The second-order valence-corrected chi connectivity index (χ2v) is 4.69. The second-order valence-electron chi connectivity index (χ2n) is 2.90. The van der Waals surface area contributed by atoms with Crippen LogP contribution in [0.25, 0.3) is 11.4 Å². The monoisotopic (exact) mass is 239 g/mol. The fraction of sp³-hybridized carbons (Fsp3) is 0.111. The Morgan fingerprint density at radius 2 is 2.00 bits per heavy atom. The summed E-state index contributed by atoms with van der Waals surface area (Å²) in [5.41, 5.74) is 0.343. The van der Waals surface area contributed by atoms with E-state index >= 15 is 0 Å². The summed E-state index contributed by atoms with van der Waals surface area (Å²) in [4.78, 5) is 7.93. The first-order chi connectivity index (χ1) is 7.65. The van der Waals surface area contributed by atoms with Crippen LogP contribution < -0.4 is 4.72 Å². The molecule has 0 saturated heterocycles. The van der Waals surface area contributed by atoms with Crippen LogP contribution in [0.3, 0.4) is 0 Å².